The molecule has 2 aromatic carbocycles. The SMILES string of the molecule is CCC(=O)N(Cc1cccc(C)c1)c1ccc(CC(=O)NCCN(C)C)cc1. The minimum atomic E-state index is 0.0100. The van der Waals surface area contributed by atoms with Gasteiger partial charge in [0.15, 0.2) is 0 Å². The lowest BCUT2D eigenvalue weighted by atomic mass is 10.1. The van der Waals surface area contributed by atoms with Crippen molar-refractivity contribution in [2.24, 2.45) is 0 Å². The molecule has 0 atom stereocenters. The summed E-state index contributed by atoms with van der Waals surface area (Å²) in [4.78, 5) is 28.4. The zero-order valence-electron chi connectivity index (χ0n) is 17.4. The fourth-order valence-corrected chi connectivity index (χ4v) is 2.97. The predicted octanol–water partition coefficient (Wildman–Crippen LogP) is 3.16. The molecule has 0 saturated carbocycles. The van der Waals surface area contributed by atoms with Crippen LogP contribution >= 0.6 is 0 Å². The molecule has 2 aromatic rings. The average Bonchev–Trinajstić information content (AvgIpc) is 2.66. The normalized spacial score (nSPS) is 10.8. The molecule has 150 valence electrons. The van der Waals surface area contributed by atoms with Crippen molar-refractivity contribution in [3.63, 3.8) is 0 Å². The van der Waals surface area contributed by atoms with Crippen molar-refractivity contribution < 1.29 is 9.59 Å². The van der Waals surface area contributed by atoms with E-state index in [9.17, 15) is 9.59 Å². The second-order valence-corrected chi connectivity index (χ2v) is 7.32. The van der Waals surface area contributed by atoms with Crippen LogP contribution in [-0.2, 0) is 22.6 Å². The number of hydrogen-bond donors (Lipinski definition) is 1. The van der Waals surface area contributed by atoms with Gasteiger partial charge in [-0.25, -0.2) is 0 Å². The van der Waals surface area contributed by atoms with Gasteiger partial charge in [-0.3, -0.25) is 9.59 Å². The number of carbonyl (C=O) groups excluding carboxylic acids is 2. The fraction of sp³-hybridized carbons (Fsp3) is 0.391. The molecule has 0 fully saturated rings. The molecule has 0 aliphatic rings. The van der Waals surface area contributed by atoms with Crippen molar-refractivity contribution in [2.45, 2.75) is 33.2 Å². The number of nitrogens with one attached hydrogen (secondary N) is 1. The Morgan fingerprint density at radius 2 is 1.71 bits per heavy atom. The van der Waals surface area contributed by atoms with Crippen molar-refractivity contribution in [3.8, 4) is 0 Å². The highest BCUT2D eigenvalue weighted by atomic mass is 16.2. The quantitative estimate of drug-likeness (QED) is 0.726. The summed E-state index contributed by atoms with van der Waals surface area (Å²) in [7, 11) is 3.95. The zero-order valence-corrected chi connectivity index (χ0v) is 17.4. The van der Waals surface area contributed by atoms with Gasteiger partial charge >= 0.3 is 0 Å². The lowest BCUT2D eigenvalue weighted by Crippen LogP contribution is -2.32. The van der Waals surface area contributed by atoms with Crippen molar-refractivity contribution >= 4 is 17.5 Å². The molecule has 1 N–H and O–H groups in total. The minimum absolute atomic E-state index is 0.0100. The first-order valence-corrected chi connectivity index (χ1v) is 9.75. The van der Waals surface area contributed by atoms with E-state index < -0.39 is 0 Å². The van der Waals surface area contributed by atoms with E-state index in [1.54, 1.807) is 4.90 Å². The zero-order chi connectivity index (χ0) is 20.5. The molecule has 0 aromatic heterocycles. The Labute approximate surface area is 168 Å². The van der Waals surface area contributed by atoms with Crippen LogP contribution in [0.5, 0.6) is 0 Å². The summed E-state index contributed by atoms with van der Waals surface area (Å²) in [5, 5.41) is 2.92. The number of amides is 2. The minimum Gasteiger partial charge on any atom is -0.355 e. The summed E-state index contributed by atoms with van der Waals surface area (Å²) < 4.78 is 0. The number of rotatable bonds is 9. The van der Waals surface area contributed by atoms with E-state index in [2.05, 4.69) is 11.4 Å². The predicted molar refractivity (Wildman–Crippen MR) is 114 cm³/mol. The number of aryl methyl sites for hydroxylation is 1. The van der Waals surface area contributed by atoms with Gasteiger partial charge in [-0.2, -0.15) is 0 Å². The van der Waals surface area contributed by atoms with Gasteiger partial charge in [0.1, 0.15) is 0 Å². The van der Waals surface area contributed by atoms with Gasteiger partial charge in [-0.15, -0.1) is 0 Å². The van der Waals surface area contributed by atoms with E-state index in [0.717, 1.165) is 23.4 Å². The van der Waals surface area contributed by atoms with Gasteiger partial charge in [-0.05, 0) is 44.3 Å². The highest BCUT2D eigenvalue weighted by molar-refractivity contribution is 5.93. The molecule has 0 bridgehead atoms. The highest BCUT2D eigenvalue weighted by Gasteiger charge is 2.15. The molecule has 2 rings (SSSR count). The summed E-state index contributed by atoms with van der Waals surface area (Å²) in [6.07, 6.45) is 0.787. The third kappa shape index (κ3) is 6.82. The third-order valence-corrected chi connectivity index (χ3v) is 4.52. The number of hydrogen-bond acceptors (Lipinski definition) is 3. The van der Waals surface area contributed by atoms with Gasteiger partial charge in [0.05, 0.1) is 13.0 Å². The van der Waals surface area contributed by atoms with Crippen molar-refractivity contribution in [1.29, 1.82) is 0 Å². The van der Waals surface area contributed by atoms with Crippen LogP contribution in [0.25, 0.3) is 0 Å². The first kappa shape index (κ1) is 21.6. The molecule has 0 radical (unpaired) electrons. The van der Waals surface area contributed by atoms with E-state index in [-0.39, 0.29) is 11.8 Å². The maximum atomic E-state index is 12.5. The lowest BCUT2D eigenvalue weighted by molar-refractivity contribution is -0.120. The smallest absolute Gasteiger partial charge is 0.227 e. The summed E-state index contributed by atoms with van der Waals surface area (Å²) in [6, 6.07) is 15.9. The largest absolute Gasteiger partial charge is 0.355 e. The van der Waals surface area contributed by atoms with Crippen LogP contribution in [0.4, 0.5) is 5.69 Å². The monoisotopic (exact) mass is 381 g/mol. The molecule has 0 heterocycles. The highest BCUT2D eigenvalue weighted by Crippen LogP contribution is 2.20. The summed E-state index contributed by atoms with van der Waals surface area (Å²) >= 11 is 0. The van der Waals surface area contributed by atoms with Gasteiger partial charge in [0, 0.05) is 25.2 Å². The Hall–Kier alpha value is -2.66. The molecule has 0 aliphatic carbocycles. The molecule has 0 unspecified atom stereocenters. The Morgan fingerprint density at radius 3 is 2.32 bits per heavy atom. The second kappa shape index (κ2) is 10.6. The molecular formula is C23H31N3O2. The second-order valence-electron chi connectivity index (χ2n) is 7.32. The van der Waals surface area contributed by atoms with Crippen molar-refractivity contribution in [3.05, 3.63) is 65.2 Å². The number of anilines is 1. The summed E-state index contributed by atoms with van der Waals surface area (Å²) in [5.41, 5.74) is 4.07. The third-order valence-electron chi connectivity index (χ3n) is 4.52. The van der Waals surface area contributed by atoms with E-state index >= 15 is 0 Å². The molecule has 0 spiro atoms. The van der Waals surface area contributed by atoms with Crippen LogP contribution in [0.3, 0.4) is 0 Å². The molecule has 28 heavy (non-hydrogen) atoms. The van der Waals surface area contributed by atoms with Gasteiger partial charge in [0.2, 0.25) is 11.8 Å². The fourth-order valence-electron chi connectivity index (χ4n) is 2.97. The lowest BCUT2D eigenvalue weighted by Gasteiger charge is -2.23. The maximum absolute atomic E-state index is 12.5. The van der Waals surface area contributed by atoms with Crippen LogP contribution in [0, 0.1) is 6.92 Å². The molecule has 0 aliphatic heterocycles. The molecule has 2 amide bonds. The van der Waals surface area contributed by atoms with E-state index in [0.29, 0.717) is 25.9 Å². The average molecular weight is 382 g/mol. The summed E-state index contributed by atoms with van der Waals surface area (Å²) in [5.74, 6) is 0.0894. The Bertz CT molecular complexity index is 785. The number of carbonyl (C=O) groups is 2. The van der Waals surface area contributed by atoms with Crippen molar-refractivity contribution in [2.75, 3.05) is 32.1 Å². The summed E-state index contributed by atoms with van der Waals surface area (Å²) in [6.45, 7) is 5.92. The molecule has 5 nitrogen and oxygen atoms in total. The van der Waals surface area contributed by atoms with Crippen LogP contribution in [-0.4, -0.2) is 43.9 Å². The first-order valence-electron chi connectivity index (χ1n) is 9.75. The van der Waals surface area contributed by atoms with E-state index in [1.165, 1.54) is 5.56 Å². The number of nitrogens with zero attached hydrogens (tertiary/aromatic N) is 2. The van der Waals surface area contributed by atoms with Crippen LogP contribution < -0.4 is 10.2 Å². The standard InChI is InChI=1S/C23H31N3O2/c1-5-23(28)26(17-20-8-6-7-18(2)15-20)21-11-9-19(10-12-21)16-22(27)24-13-14-25(3)4/h6-12,15H,5,13-14,16-17H2,1-4H3,(H,24,27). The number of likely N-dealkylation sites (N-methyl/N-ethyl adjacent to an activating group) is 1. The Morgan fingerprint density at radius 1 is 1.00 bits per heavy atom. The van der Waals surface area contributed by atoms with Gasteiger partial charge < -0.3 is 15.1 Å². The van der Waals surface area contributed by atoms with E-state index in [4.69, 9.17) is 0 Å². The molecule has 0 saturated heterocycles. The Balaban J connectivity index is 2.04. The molecular weight excluding hydrogens is 350 g/mol. The first-order chi connectivity index (χ1) is 13.4. The molecule has 5 heteroatoms. The van der Waals surface area contributed by atoms with Gasteiger partial charge in [-0.1, -0.05) is 48.9 Å². The topological polar surface area (TPSA) is 52.7 Å². The maximum Gasteiger partial charge on any atom is 0.227 e. The van der Waals surface area contributed by atoms with Crippen molar-refractivity contribution in [1.82, 2.24) is 10.2 Å². The number of benzene rings is 2. The van der Waals surface area contributed by atoms with Crippen LogP contribution in [0.2, 0.25) is 0 Å². The van der Waals surface area contributed by atoms with Crippen LogP contribution in [0.15, 0.2) is 48.5 Å². The van der Waals surface area contributed by atoms with Gasteiger partial charge in [0.25, 0.3) is 0 Å². The van der Waals surface area contributed by atoms with Crippen LogP contribution in [0.1, 0.15) is 30.0 Å². The van der Waals surface area contributed by atoms with E-state index in [1.807, 2.05) is 75.3 Å². The Kier molecular flexibility index (Phi) is 8.20.